The maximum atomic E-state index is 11.8. The first-order chi connectivity index (χ1) is 9.56. The number of nitrogens with two attached hydrogens (primary N) is 1. The minimum Gasteiger partial charge on any atom is -0.382 e. The van der Waals surface area contributed by atoms with E-state index in [1.54, 1.807) is 0 Å². The lowest BCUT2D eigenvalue weighted by Gasteiger charge is -2.05. The number of aromatic nitrogens is 1. The van der Waals surface area contributed by atoms with Crippen molar-refractivity contribution in [1.82, 2.24) is 10.3 Å². The lowest BCUT2D eigenvalue weighted by molar-refractivity contribution is 0.0188. The van der Waals surface area contributed by atoms with Gasteiger partial charge in [0.25, 0.3) is 12.3 Å². The maximum absolute atomic E-state index is 11.8. The predicted octanol–water partition coefficient (Wildman–Crippen LogP) is 1.31. The molecule has 9 heteroatoms. The summed E-state index contributed by atoms with van der Waals surface area (Å²) in [5.41, 5.74) is 5.68. The molecule has 1 aromatic heterocycles. The SMILES string of the molecule is Nc1nc(NC2CC2)sc1C(=O)NCCOCC(F)F. The van der Waals surface area contributed by atoms with Crippen LogP contribution in [0.15, 0.2) is 0 Å². The number of hydrogen-bond donors (Lipinski definition) is 3. The average Bonchev–Trinajstić information content (AvgIpc) is 3.10. The molecule has 20 heavy (non-hydrogen) atoms. The Hall–Kier alpha value is -1.48. The molecule has 0 atom stereocenters. The van der Waals surface area contributed by atoms with Gasteiger partial charge < -0.3 is 21.1 Å². The lowest BCUT2D eigenvalue weighted by Crippen LogP contribution is -2.27. The van der Waals surface area contributed by atoms with Crippen molar-refractivity contribution in [1.29, 1.82) is 0 Å². The van der Waals surface area contributed by atoms with Crippen LogP contribution in [0.1, 0.15) is 22.5 Å². The largest absolute Gasteiger partial charge is 0.382 e. The highest BCUT2D eigenvalue weighted by molar-refractivity contribution is 7.18. The molecule has 1 aromatic rings. The molecule has 1 amide bonds. The number of carbonyl (C=O) groups excluding carboxylic acids is 1. The van der Waals surface area contributed by atoms with Crippen LogP contribution in [-0.4, -0.2) is 43.1 Å². The number of nitrogens with one attached hydrogen (secondary N) is 2. The molecule has 0 spiro atoms. The number of nitrogens with zero attached hydrogens (tertiary/aromatic N) is 1. The highest BCUT2D eigenvalue weighted by Crippen LogP contribution is 2.30. The van der Waals surface area contributed by atoms with Crippen LogP contribution in [0, 0.1) is 0 Å². The first-order valence-corrected chi connectivity index (χ1v) is 7.05. The van der Waals surface area contributed by atoms with Crippen molar-refractivity contribution in [2.75, 3.05) is 30.8 Å². The first-order valence-electron chi connectivity index (χ1n) is 6.23. The van der Waals surface area contributed by atoms with E-state index in [1.165, 1.54) is 11.3 Å². The fourth-order valence-electron chi connectivity index (χ4n) is 1.45. The third-order valence-corrected chi connectivity index (χ3v) is 3.54. The number of halogens is 2. The Balaban J connectivity index is 1.75. The molecule has 0 aliphatic heterocycles. The number of alkyl halides is 2. The number of anilines is 2. The van der Waals surface area contributed by atoms with E-state index < -0.39 is 13.0 Å². The number of thiazole rings is 1. The van der Waals surface area contributed by atoms with Crippen LogP contribution in [0.4, 0.5) is 19.7 Å². The third-order valence-electron chi connectivity index (χ3n) is 2.54. The van der Waals surface area contributed by atoms with Gasteiger partial charge in [-0.05, 0) is 12.8 Å². The van der Waals surface area contributed by atoms with E-state index in [-0.39, 0.29) is 24.9 Å². The zero-order valence-electron chi connectivity index (χ0n) is 10.7. The van der Waals surface area contributed by atoms with E-state index in [0.29, 0.717) is 16.1 Å². The molecule has 0 saturated heterocycles. The summed E-state index contributed by atoms with van der Waals surface area (Å²) in [4.78, 5) is 16.2. The Morgan fingerprint density at radius 1 is 1.55 bits per heavy atom. The summed E-state index contributed by atoms with van der Waals surface area (Å²) in [6.07, 6.45) is -0.302. The van der Waals surface area contributed by atoms with Crippen molar-refractivity contribution in [2.24, 2.45) is 0 Å². The van der Waals surface area contributed by atoms with E-state index in [4.69, 9.17) is 5.73 Å². The molecule has 1 fully saturated rings. The Kier molecular flexibility index (Phi) is 5.07. The van der Waals surface area contributed by atoms with Gasteiger partial charge in [0.2, 0.25) is 0 Å². The van der Waals surface area contributed by atoms with Crippen LogP contribution in [0.2, 0.25) is 0 Å². The molecule has 1 aliphatic carbocycles. The van der Waals surface area contributed by atoms with E-state index in [0.717, 1.165) is 12.8 Å². The Bertz CT molecular complexity index is 465. The molecule has 2 rings (SSSR count). The van der Waals surface area contributed by atoms with E-state index >= 15 is 0 Å². The number of carbonyl (C=O) groups is 1. The summed E-state index contributed by atoms with van der Waals surface area (Å²) in [5, 5.41) is 6.34. The summed E-state index contributed by atoms with van der Waals surface area (Å²) < 4.78 is 28.3. The van der Waals surface area contributed by atoms with Crippen LogP contribution < -0.4 is 16.4 Å². The topological polar surface area (TPSA) is 89.3 Å². The summed E-state index contributed by atoms with van der Waals surface area (Å²) >= 11 is 1.18. The summed E-state index contributed by atoms with van der Waals surface area (Å²) in [6, 6.07) is 0.430. The second-order valence-corrected chi connectivity index (χ2v) is 5.37. The van der Waals surface area contributed by atoms with Crippen molar-refractivity contribution in [2.45, 2.75) is 25.3 Å². The van der Waals surface area contributed by atoms with Crippen LogP contribution in [-0.2, 0) is 4.74 Å². The van der Waals surface area contributed by atoms with Crippen molar-refractivity contribution in [3.05, 3.63) is 4.88 Å². The Morgan fingerprint density at radius 3 is 2.95 bits per heavy atom. The highest BCUT2D eigenvalue weighted by atomic mass is 32.1. The number of nitrogen functional groups attached to an aromatic ring is 1. The summed E-state index contributed by atoms with van der Waals surface area (Å²) in [7, 11) is 0. The highest BCUT2D eigenvalue weighted by Gasteiger charge is 2.24. The molecule has 1 heterocycles. The van der Waals surface area contributed by atoms with Gasteiger partial charge in [0, 0.05) is 12.6 Å². The molecular weight excluding hydrogens is 290 g/mol. The van der Waals surface area contributed by atoms with Crippen molar-refractivity contribution in [3.8, 4) is 0 Å². The Labute approximate surface area is 118 Å². The molecule has 112 valence electrons. The minimum atomic E-state index is -2.50. The van der Waals surface area contributed by atoms with Crippen LogP contribution in [0.5, 0.6) is 0 Å². The standard InChI is InChI=1S/C11H16F2N4O2S/c12-7(13)5-19-4-3-15-10(18)8-9(14)17-11(20-8)16-6-1-2-6/h6-7H,1-5,14H2,(H,15,18)(H,16,17). The van der Waals surface area contributed by atoms with Crippen molar-refractivity contribution >= 4 is 28.2 Å². The van der Waals surface area contributed by atoms with Gasteiger partial charge in [0.1, 0.15) is 17.3 Å². The Morgan fingerprint density at radius 2 is 2.30 bits per heavy atom. The molecule has 1 saturated carbocycles. The van der Waals surface area contributed by atoms with Gasteiger partial charge >= 0.3 is 0 Å². The second kappa shape index (κ2) is 6.80. The van der Waals surface area contributed by atoms with Gasteiger partial charge in [-0.25, -0.2) is 13.8 Å². The summed E-state index contributed by atoms with van der Waals surface area (Å²) in [5.74, 6) is -0.200. The molecule has 0 unspecified atom stereocenters. The zero-order chi connectivity index (χ0) is 14.5. The maximum Gasteiger partial charge on any atom is 0.265 e. The molecular formula is C11H16F2N4O2S. The van der Waals surface area contributed by atoms with E-state index in [2.05, 4.69) is 20.4 Å². The average molecular weight is 306 g/mol. The van der Waals surface area contributed by atoms with Gasteiger partial charge in [-0.1, -0.05) is 11.3 Å². The third kappa shape index (κ3) is 4.57. The van der Waals surface area contributed by atoms with E-state index in [1.807, 2.05) is 0 Å². The van der Waals surface area contributed by atoms with Gasteiger partial charge in [-0.2, -0.15) is 0 Å². The quantitative estimate of drug-likeness (QED) is 0.630. The first kappa shape index (κ1) is 14.9. The molecule has 6 nitrogen and oxygen atoms in total. The molecule has 4 N–H and O–H groups in total. The normalized spacial score (nSPS) is 14.6. The predicted molar refractivity (Wildman–Crippen MR) is 72.3 cm³/mol. The number of hydrogen-bond acceptors (Lipinski definition) is 6. The van der Waals surface area contributed by atoms with Crippen molar-refractivity contribution in [3.63, 3.8) is 0 Å². The number of rotatable bonds is 8. The van der Waals surface area contributed by atoms with Gasteiger partial charge in [-0.15, -0.1) is 0 Å². The monoisotopic (exact) mass is 306 g/mol. The molecule has 1 aliphatic rings. The molecule has 0 radical (unpaired) electrons. The number of amides is 1. The fourth-order valence-corrected chi connectivity index (χ4v) is 2.33. The van der Waals surface area contributed by atoms with Crippen molar-refractivity contribution < 1.29 is 18.3 Å². The second-order valence-electron chi connectivity index (χ2n) is 4.37. The smallest absolute Gasteiger partial charge is 0.265 e. The summed E-state index contributed by atoms with van der Waals surface area (Å²) in [6.45, 7) is -0.454. The molecule has 0 aromatic carbocycles. The van der Waals surface area contributed by atoms with Crippen LogP contribution in [0.25, 0.3) is 0 Å². The van der Waals surface area contributed by atoms with Crippen LogP contribution in [0.3, 0.4) is 0 Å². The molecule has 0 bridgehead atoms. The number of ether oxygens (including phenoxy) is 1. The lowest BCUT2D eigenvalue weighted by atomic mass is 10.4. The fraction of sp³-hybridized carbons (Fsp3) is 0.636. The van der Waals surface area contributed by atoms with Gasteiger partial charge in [0.15, 0.2) is 5.13 Å². The zero-order valence-corrected chi connectivity index (χ0v) is 11.5. The van der Waals surface area contributed by atoms with Crippen LogP contribution >= 0.6 is 11.3 Å². The van der Waals surface area contributed by atoms with Gasteiger partial charge in [0.05, 0.1) is 6.61 Å². The minimum absolute atomic E-state index is 0.0297. The van der Waals surface area contributed by atoms with Gasteiger partial charge in [-0.3, -0.25) is 4.79 Å². The van der Waals surface area contributed by atoms with E-state index in [9.17, 15) is 13.6 Å².